The number of benzene rings is 4. The van der Waals surface area contributed by atoms with E-state index in [1.54, 1.807) is 36.4 Å². The van der Waals surface area contributed by atoms with Crippen LogP contribution in [0, 0.1) is 0 Å². The zero-order chi connectivity index (χ0) is 32.7. The molecule has 7 nitrogen and oxygen atoms in total. The van der Waals surface area contributed by atoms with Gasteiger partial charge in [-0.3, -0.25) is 13.9 Å². The molecule has 0 bridgehead atoms. The Bertz CT molecular complexity index is 1760. The Morgan fingerprint density at radius 3 is 2.00 bits per heavy atom. The van der Waals surface area contributed by atoms with Gasteiger partial charge in [-0.05, 0) is 67.4 Å². The summed E-state index contributed by atoms with van der Waals surface area (Å²) in [6, 6.07) is 25.0. The van der Waals surface area contributed by atoms with Crippen LogP contribution >= 0.6 is 46.4 Å². The number of nitrogens with zero attached hydrogens (tertiary/aromatic N) is 2. The quantitative estimate of drug-likeness (QED) is 0.164. The number of rotatable bonds is 12. The number of hydrogen-bond donors (Lipinski definition) is 1. The van der Waals surface area contributed by atoms with E-state index >= 15 is 0 Å². The van der Waals surface area contributed by atoms with Crippen molar-refractivity contribution < 1.29 is 18.0 Å². The van der Waals surface area contributed by atoms with Crippen LogP contribution in [0.15, 0.2) is 102 Å². The molecule has 0 saturated heterocycles. The molecular formula is C33H31Cl4N3O4S. The molecule has 0 radical (unpaired) electrons. The van der Waals surface area contributed by atoms with Crippen molar-refractivity contribution in [3.8, 4) is 0 Å². The molecule has 0 unspecified atom stereocenters. The highest BCUT2D eigenvalue weighted by Gasteiger charge is 2.35. The van der Waals surface area contributed by atoms with Crippen LogP contribution < -0.4 is 9.62 Å². The van der Waals surface area contributed by atoms with Gasteiger partial charge in [-0.2, -0.15) is 0 Å². The van der Waals surface area contributed by atoms with Crippen molar-refractivity contribution in [2.75, 3.05) is 10.8 Å². The predicted molar refractivity (Wildman–Crippen MR) is 182 cm³/mol. The van der Waals surface area contributed by atoms with Crippen molar-refractivity contribution in [3.05, 3.63) is 128 Å². The normalized spacial score (nSPS) is 12.1. The average Bonchev–Trinajstić information content (AvgIpc) is 3.00. The van der Waals surface area contributed by atoms with E-state index < -0.39 is 34.4 Å². The third-order valence-corrected chi connectivity index (χ3v) is 9.88. The van der Waals surface area contributed by atoms with Crippen molar-refractivity contribution in [2.24, 2.45) is 0 Å². The monoisotopic (exact) mass is 705 g/mol. The second kappa shape index (κ2) is 15.3. The lowest BCUT2D eigenvalue weighted by Gasteiger charge is -2.34. The maximum Gasteiger partial charge on any atom is 0.264 e. The van der Waals surface area contributed by atoms with Gasteiger partial charge in [-0.1, -0.05) is 101 Å². The lowest BCUT2D eigenvalue weighted by atomic mass is 10.0. The zero-order valence-corrected chi connectivity index (χ0v) is 28.3. The third-order valence-electron chi connectivity index (χ3n) is 6.83. The van der Waals surface area contributed by atoms with Crippen LogP contribution in [-0.4, -0.2) is 43.8 Å². The Hall–Kier alpha value is -3.27. The molecule has 0 aliphatic rings. The Morgan fingerprint density at radius 1 is 0.756 bits per heavy atom. The first-order chi connectivity index (χ1) is 21.4. The number of carbonyl (C=O) groups is 2. The second-order valence-corrected chi connectivity index (χ2v) is 14.1. The van der Waals surface area contributed by atoms with E-state index in [0.29, 0.717) is 15.6 Å². The summed E-state index contributed by atoms with van der Waals surface area (Å²) in [4.78, 5) is 29.6. The van der Waals surface area contributed by atoms with Gasteiger partial charge in [0, 0.05) is 24.0 Å². The average molecular weight is 708 g/mol. The number of halogens is 4. The fourth-order valence-corrected chi connectivity index (χ4v) is 7.02. The Balaban J connectivity index is 1.84. The molecule has 1 atom stereocenters. The number of nitrogens with one attached hydrogen (secondary N) is 1. The van der Waals surface area contributed by atoms with Crippen LogP contribution in [-0.2, 0) is 32.6 Å². The molecule has 0 aromatic heterocycles. The van der Waals surface area contributed by atoms with Gasteiger partial charge in [0.2, 0.25) is 11.8 Å². The van der Waals surface area contributed by atoms with Crippen molar-refractivity contribution in [2.45, 2.75) is 43.8 Å². The maximum absolute atomic E-state index is 14.5. The van der Waals surface area contributed by atoms with Crippen molar-refractivity contribution in [1.82, 2.24) is 10.2 Å². The molecule has 1 N–H and O–H groups in total. The number of sulfonamides is 1. The summed E-state index contributed by atoms with van der Waals surface area (Å²) in [6.45, 7) is 2.91. The van der Waals surface area contributed by atoms with Gasteiger partial charge in [-0.15, -0.1) is 0 Å². The summed E-state index contributed by atoms with van der Waals surface area (Å²) in [6.07, 6.45) is 0.166. The molecule has 0 saturated carbocycles. The standard InChI is InChI=1S/C33H31Cl4N3O4S/c1-22(2)38-33(42)31(18-23-9-5-3-6-10-23)39(20-24-13-15-27(35)28(36)17-24)32(41)21-40(30-16-14-25(34)19-29(30)37)45(43,44)26-11-7-4-8-12-26/h3-17,19,22,31H,18,20-21H2,1-2H3,(H,38,42)/t31-/m1/s1. The Morgan fingerprint density at radius 2 is 1.40 bits per heavy atom. The van der Waals surface area contributed by atoms with Gasteiger partial charge < -0.3 is 10.2 Å². The molecule has 0 spiro atoms. The van der Waals surface area contributed by atoms with Gasteiger partial charge in [0.1, 0.15) is 12.6 Å². The maximum atomic E-state index is 14.5. The minimum absolute atomic E-state index is 0.0317. The van der Waals surface area contributed by atoms with Crippen molar-refractivity contribution in [3.63, 3.8) is 0 Å². The van der Waals surface area contributed by atoms with Crippen LogP contribution in [0.3, 0.4) is 0 Å². The van der Waals surface area contributed by atoms with Crippen molar-refractivity contribution in [1.29, 1.82) is 0 Å². The summed E-state index contributed by atoms with van der Waals surface area (Å²) in [5.41, 5.74) is 1.46. The van der Waals surface area contributed by atoms with E-state index in [0.717, 1.165) is 9.87 Å². The molecule has 0 aliphatic carbocycles. The molecule has 4 aromatic rings. The van der Waals surface area contributed by atoms with Crippen LogP contribution in [0.1, 0.15) is 25.0 Å². The fourth-order valence-electron chi connectivity index (χ4n) is 4.69. The number of anilines is 1. The summed E-state index contributed by atoms with van der Waals surface area (Å²) in [7, 11) is -4.31. The molecule has 2 amide bonds. The molecule has 0 heterocycles. The highest BCUT2D eigenvalue weighted by Crippen LogP contribution is 2.33. The number of amides is 2. The molecular weight excluding hydrogens is 676 g/mol. The minimum Gasteiger partial charge on any atom is -0.352 e. The van der Waals surface area contributed by atoms with Crippen LogP contribution in [0.25, 0.3) is 0 Å². The third kappa shape index (κ3) is 8.93. The van der Waals surface area contributed by atoms with Gasteiger partial charge >= 0.3 is 0 Å². The molecule has 0 fully saturated rings. The lowest BCUT2D eigenvalue weighted by Crippen LogP contribution is -2.54. The second-order valence-electron chi connectivity index (χ2n) is 10.6. The topological polar surface area (TPSA) is 86.8 Å². The Kier molecular flexibility index (Phi) is 11.8. The van der Waals surface area contributed by atoms with E-state index in [9.17, 15) is 18.0 Å². The van der Waals surface area contributed by atoms with Crippen LogP contribution in [0.5, 0.6) is 0 Å². The SMILES string of the molecule is CC(C)NC(=O)[C@@H](Cc1ccccc1)N(Cc1ccc(Cl)c(Cl)c1)C(=O)CN(c1ccc(Cl)cc1Cl)S(=O)(=O)c1ccccc1. The number of hydrogen-bond acceptors (Lipinski definition) is 4. The fraction of sp³-hybridized carbons (Fsp3) is 0.212. The molecule has 45 heavy (non-hydrogen) atoms. The molecule has 4 aromatic carbocycles. The summed E-state index contributed by atoms with van der Waals surface area (Å²) in [5, 5.41) is 3.84. The van der Waals surface area contributed by atoms with E-state index in [-0.39, 0.29) is 39.6 Å². The molecule has 0 aliphatic heterocycles. The van der Waals surface area contributed by atoms with Gasteiger partial charge in [0.25, 0.3) is 10.0 Å². The molecule has 4 rings (SSSR count). The van der Waals surface area contributed by atoms with Gasteiger partial charge in [-0.25, -0.2) is 8.42 Å². The predicted octanol–water partition coefficient (Wildman–Crippen LogP) is 7.66. The van der Waals surface area contributed by atoms with Crippen LogP contribution in [0.4, 0.5) is 5.69 Å². The van der Waals surface area contributed by atoms with E-state index in [2.05, 4.69) is 5.32 Å². The summed E-state index contributed by atoms with van der Waals surface area (Å²) < 4.78 is 29.1. The molecule has 12 heteroatoms. The van der Waals surface area contributed by atoms with E-state index in [4.69, 9.17) is 46.4 Å². The Labute approximate surface area is 283 Å². The first-order valence-electron chi connectivity index (χ1n) is 14.0. The summed E-state index contributed by atoms with van der Waals surface area (Å²) in [5.74, 6) is -1.05. The van der Waals surface area contributed by atoms with E-state index in [1.165, 1.54) is 35.2 Å². The zero-order valence-electron chi connectivity index (χ0n) is 24.5. The largest absolute Gasteiger partial charge is 0.352 e. The van der Waals surface area contributed by atoms with Crippen LogP contribution in [0.2, 0.25) is 20.1 Å². The molecule has 236 valence electrons. The van der Waals surface area contributed by atoms with Crippen molar-refractivity contribution >= 4 is 73.9 Å². The lowest BCUT2D eigenvalue weighted by molar-refractivity contribution is -0.140. The van der Waals surface area contributed by atoms with Gasteiger partial charge in [0.05, 0.1) is 25.7 Å². The van der Waals surface area contributed by atoms with Gasteiger partial charge in [0.15, 0.2) is 0 Å². The first-order valence-corrected chi connectivity index (χ1v) is 16.9. The highest BCUT2D eigenvalue weighted by atomic mass is 35.5. The highest BCUT2D eigenvalue weighted by molar-refractivity contribution is 7.92. The number of carbonyl (C=O) groups excluding carboxylic acids is 2. The first kappa shape index (κ1) is 34.6. The smallest absolute Gasteiger partial charge is 0.264 e. The van der Waals surface area contributed by atoms with E-state index in [1.807, 2.05) is 44.2 Å². The summed E-state index contributed by atoms with van der Waals surface area (Å²) >= 11 is 25.1. The minimum atomic E-state index is -4.31.